The normalized spacial score (nSPS) is 10.3. The quantitative estimate of drug-likeness (QED) is 0.672. The van der Waals surface area contributed by atoms with Gasteiger partial charge in [0.25, 0.3) is 0 Å². The number of methoxy groups -OCH3 is 1. The van der Waals surface area contributed by atoms with Crippen LogP contribution in [0.4, 0.5) is 0 Å². The van der Waals surface area contributed by atoms with E-state index in [0.717, 1.165) is 20.3 Å². The standard InChI is InChI=1S/C14H11Br2ClO2/c1-18-11-3-4-12(16)9(6-11)8-19-14-7-10(15)2-5-13(14)17/h2-7H,8H2,1H3. The highest BCUT2D eigenvalue weighted by atomic mass is 79.9. The molecule has 0 aliphatic heterocycles. The van der Waals surface area contributed by atoms with E-state index in [0.29, 0.717) is 17.4 Å². The highest BCUT2D eigenvalue weighted by Gasteiger charge is 2.06. The Kier molecular flexibility index (Phi) is 5.13. The third kappa shape index (κ3) is 3.88. The smallest absolute Gasteiger partial charge is 0.139 e. The molecule has 100 valence electrons. The Morgan fingerprint density at radius 2 is 1.89 bits per heavy atom. The highest BCUT2D eigenvalue weighted by molar-refractivity contribution is 9.10. The zero-order valence-corrected chi connectivity index (χ0v) is 14.0. The molecule has 0 bridgehead atoms. The molecule has 0 aliphatic rings. The molecule has 2 nitrogen and oxygen atoms in total. The predicted molar refractivity (Wildman–Crippen MR) is 84.2 cm³/mol. The summed E-state index contributed by atoms with van der Waals surface area (Å²) in [5.74, 6) is 1.44. The van der Waals surface area contributed by atoms with Crippen molar-refractivity contribution in [2.24, 2.45) is 0 Å². The van der Waals surface area contributed by atoms with E-state index in [4.69, 9.17) is 21.1 Å². The Labute approximate surface area is 133 Å². The lowest BCUT2D eigenvalue weighted by Gasteiger charge is -2.11. The molecule has 0 saturated heterocycles. The van der Waals surface area contributed by atoms with E-state index >= 15 is 0 Å². The van der Waals surface area contributed by atoms with E-state index in [1.807, 2.05) is 30.3 Å². The van der Waals surface area contributed by atoms with Gasteiger partial charge in [0.2, 0.25) is 0 Å². The zero-order chi connectivity index (χ0) is 13.8. The number of hydrogen-bond acceptors (Lipinski definition) is 2. The van der Waals surface area contributed by atoms with Crippen LogP contribution in [-0.2, 0) is 6.61 Å². The van der Waals surface area contributed by atoms with Crippen LogP contribution in [0.2, 0.25) is 5.02 Å². The fourth-order valence-corrected chi connectivity index (χ4v) is 2.41. The summed E-state index contributed by atoms with van der Waals surface area (Å²) < 4.78 is 12.8. The summed E-state index contributed by atoms with van der Waals surface area (Å²) in [6, 6.07) is 11.3. The van der Waals surface area contributed by atoms with Crippen molar-refractivity contribution < 1.29 is 9.47 Å². The minimum Gasteiger partial charge on any atom is -0.497 e. The Morgan fingerprint density at radius 1 is 1.11 bits per heavy atom. The summed E-state index contributed by atoms with van der Waals surface area (Å²) >= 11 is 13.0. The first-order chi connectivity index (χ1) is 9.10. The second-order valence-corrected chi connectivity index (χ2v) is 6.00. The van der Waals surface area contributed by atoms with Gasteiger partial charge in [0.05, 0.1) is 12.1 Å². The fourth-order valence-electron chi connectivity index (χ4n) is 1.53. The summed E-state index contributed by atoms with van der Waals surface area (Å²) in [6.07, 6.45) is 0. The van der Waals surface area contributed by atoms with Gasteiger partial charge in [-0.05, 0) is 36.4 Å². The second-order valence-electron chi connectivity index (χ2n) is 3.82. The summed E-state index contributed by atoms with van der Waals surface area (Å²) in [5.41, 5.74) is 0.996. The van der Waals surface area contributed by atoms with Gasteiger partial charge >= 0.3 is 0 Å². The number of ether oxygens (including phenoxy) is 2. The Hall–Kier alpha value is -0.710. The average molecular weight is 407 g/mol. The lowest BCUT2D eigenvalue weighted by Crippen LogP contribution is -1.98. The number of halogens is 3. The molecule has 0 fully saturated rings. The van der Waals surface area contributed by atoms with E-state index < -0.39 is 0 Å². The molecule has 0 spiro atoms. The number of hydrogen-bond donors (Lipinski definition) is 0. The highest BCUT2D eigenvalue weighted by Crippen LogP contribution is 2.30. The van der Waals surface area contributed by atoms with Gasteiger partial charge in [0, 0.05) is 14.5 Å². The third-order valence-corrected chi connectivity index (χ3v) is 4.11. The van der Waals surface area contributed by atoms with Crippen molar-refractivity contribution >= 4 is 43.5 Å². The summed E-state index contributed by atoms with van der Waals surface area (Å²) in [5, 5.41) is 0.585. The molecular formula is C14H11Br2ClO2. The Bertz CT molecular complexity index is 588. The first-order valence-corrected chi connectivity index (χ1v) is 7.47. The molecule has 0 radical (unpaired) electrons. The monoisotopic (exact) mass is 404 g/mol. The van der Waals surface area contributed by atoms with Crippen LogP contribution in [0.3, 0.4) is 0 Å². The van der Waals surface area contributed by atoms with Gasteiger partial charge in [-0.1, -0.05) is 43.5 Å². The molecule has 19 heavy (non-hydrogen) atoms. The molecule has 0 aliphatic carbocycles. The van der Waals surface area contributed by atoms with E-state index in [9.17, 15) is 0 Å². The maximum atomic E-state index is 6.08. The summed E-state index contributed by atoms with van der Waals surface area (Å²) in [6.45, 7) is 0.411. The molecule has 0 saturated carbocycles. The minimum atomic E-state index is 0.411. The second kappa shape index (κ2) is 6.64. The maximum absolute atomic E-state index is 6.08. The lowest BCUT2D eigenvalue weighted by atomic mass is 10.2. The van der Waals surface area contributed by atoms with Gasteiger partial charge < -0.3 is 9.47 Å². The molecule has 0 atom stereocenters. The molecule has 0 aromatic heterocycles. The average Bonchev–Trinajstić information content (AvgIpc) is 2.41. The molecule has 2 aromatic rings. The van der Waals surface area contributed by atoms with Crippen molar-refractivity contribution in [1.29, 1.82) is 0 Å². The van der Waals surface area contributed by atoms with Crippen LogP contribution in [0.25, 0.3) is 0 Å². The first-order valence-electron chi connectivity index (χ1n) is 5.50. The molecule has 0 unspecified atom stereocenters. The molecule has 2 aromatic carbocycles. The summed E-state index contributed by atoms with van der Waals surface area (Å²) in [4.78, 5) is 0. The maximum Gasteiger partial charge on any atom is 0.139 e. The van der Waals surface area contributed by atoms with Gasteiger partial charge in [-0.3, -0.25) is 0 Å². The largest absolute Gasteiger partial charge is 0.497 e. The van der Waals surface area contributed by atoms with E-state index in [1.165, 1.54) is 0 Å². The first kappa shape index (κ1) is 14.7. The van der Waals surface area contributed by atoms with Crippen molar-refractivity contribution in [2.75, 3.05) is 7.11 Å². The Balaban J connectivity index is 2.16. The molecule has 5 heteroatoms. The Morgan fingerprint density at radius 3 is 2.63 bits per heavy atom. The van der Waals surface area contributed by atoms with Crippen LogP contribution in [0.5, 0.6) is 11.5 Å². The van der Waals surface area contributed by atoms with Gasteiger partial charge in [0.1, 0.15) is 18.1 Å². The van der Waals surface area contributed by atoms with E-state index in [2.05, 4.69) is 31.9 Å². The molecule has 2 rings (SSSR count). The lowest BCUT2D eigenvalue weighted by molar-refractivity contribution is 0.304. The number of rotatable bonds is 4. The van der Waals surface area contributed by atoms with Gasteiger partial charge in [-0.25, -0.2) is 0 Å². The van der Waals surface area contributed by atoms with Crippen molar-refractivity contribution in [2.45, 2.75) is 6.61 Å². The molecular weight excluding hydrogens is 395 g/mol. The van der Waals surface area contributed by atoms with Crippen LogP contribution in [0.15, 0.2) is 45.3 Å². The van der Waals surface area contributed by atoms with Crippen LogP contribution in [0, 0.1) is 0 Å². The van der Waals surface area contributed by atoms with Crippen molar-refractivity contribution in [3.8, 4) is 11.5 Å². The third-order valence-electron chi connectivity index (χ3n) is 2.53. The summed E-state index contributed by atoms with van der Waals surface area (Å²) in [7, 11) is 1.64. The number of benzene rings is 2. The fraction of sp³-hybridized carbons (Fsp3) is 0.143. The van der Waals surface area contributed by atoms with Crippen molar-refractivity contribution in [3.05, 3.63) is 55.9 Å². The van der Waals surface area contributed by atoms with Gasteiger partial charge in [-0.2, -0.15) is 0 Å². The zero-order valence-electron chi connectivity index (χ0n) is 10.1. The van der Waals surface area contributed by atoms with Crippen LogP contribution >= 0.6 is 43.5 Å². The molecule has 0 amide bonds. The van der Waals surface area contributed by atoms with E-state index in [1.54, 1.807) is 13.2 Å². The van der Waals surface area contributed by atoms with Gasteiger partial charge in [-0.15, -0.1) is 0 Å². The van der Waals surface area contributed by atoms with Gasteiger partial charge in [0.15, 0.2) is 0 Å². The van der Waals surface area contributed by atoms with Crippen molar-refractivity contribution in [1.82, 2.24) is 0 Å². The minimum absolute atomic E-state index is 0.411. The topological polar surface area (TPSA) is 18.5 Å². The van der Waals surface area contributed by atoms with E-state index in [-0.39, 0.29) is 0 Å². The SMILES string of the molecule is COc1ccc(Br)c(COc2cc(Br)ccc2Cl)c1. The van der Waals surface area contributed by atoms with Crippen LogP contribution in [0.1, 0.15) is 5.56 Å². The molecule has 0 heterocycles. The van der Waals surface area contributed by atoms with Crippen molar-refractivity contribution in [3.63, 3.8) is 0 Å². The molecule has 0 N–H and O–H groups in total. The van der Waals surface area contributed by atoms with Crippen LogP contribution in [-0.4, -0.2) is 7.11 Å². The predicted octanol–water partition coefficient (Wildman–Crippen LogP) is 5.45. The van der Waals surface area contributed by atoms with Crippen LogP contribution < -0.4 is 9.47 Å².